The van der Waals surface area contributed by atoms with Gasteiger partial charge < -0.3 is 20.1 Å². The van der Waals surface area contributed by atoms with Crippen molar-refractivity contribution in [2.75, 3.05) is 0 Å². The maximum absolute atomic E-state index is 11.1. The van der Waals surface area contributed by atoms with Crippen molar-refractivity contribution in [3.05, 3.63) is 23.5 Å². The standard InChI is InChI=1S/C24H36O5/c1-22-13-11-20-18(19(22)8-5-15(22)6-9-21(25)26)7-4-16-14-17(29-24(3,27)28)10-12-23(16,20)2/h4,14-15,18-20,27-28H,5-13H2,1-3H3,(H,25,26)/t15-,18+,19+,20+,22-,23+/m1/s1. The van der Waals surface area contributed by atoms with E-state index in [-0.39, 0.29) is 10.8 Å². The highest BCUT2D eigenvalue weighted by Gasteiger charge is 2.58. The van der Waals surface area contributed by atoms with Gasteiger partial charge in [0.15, 0.2) is 0 Å². The molecule has 0 aromatic heterocycles. The molecule has 0 aromatic rings. The second kappa shape index (κ2) is 7.12. The van der Waals surface area contributed by atoms with Crippen LogP contribution in [0.3, 0.4) is 0 Å². The number of carboxylic acid groups (broad SMARTS) is 1. The normalized spacial score (nSPS) is 41.6. The van der Waals surface area contributed by atoms with Gasteiger partial charge >= 0.3 is 11.9 Å². The van der Waals surface area contributed by atoms with E-state index in [4.69, 9.17) is 9.84 Å². The average Bonchev–Trinajstić information content (AvgIpc) is 2.95. The Hall–Kier alpha value is -1.33. The van der Waals surface area contributed by atoms with Gasteiger partial charge in [0, 0.05) is 19.8 Å². The number of rotatable bonds is 5. The Kier molecular flexibility index (Phi) is 5.14. The van der Waals surface area contributed by atoms with E-state index < -0.39 is 11.9 Å². The lowest BCUT2D eigenvalue weighted by molar-refractivity contribution is -0.308. The predicted molar refractivity (Wildman–Crippen MR) is 109 cm³/mol. The molecule has 0 bridgehead atoms. The highest BCUT2D eigenvalue weighted by atomic mass is 16.8. The SMILES string of the molecule is CC(O)(O)OC1=CC2=CC[C@H]3[C@@H]4CC[C@H](CCC(=O)O)[C@@]4(C)CC[C@@H]3[C@@]2(C)CC1. The lowest BCUT2D eigenvalue weighted by Gasteiger charge is -2.57. The summed E-state index contributed by atoms with van der Waals surface area (Å²) in [6.45, 7) is 6.07. The quantitative estimate of drug-likeness (QED) is 0.583. The van der Waals surface area contributed by atoms with Gasteiger partial charge in [-0.1, -0.05) is 19.9 Å². The number of carboxylic acids is 1. The second-order valence-electron chi connectivity index (χ2n) is 10.6. The van der Waals surface area contributed by atoms with Crippen LogP contribution >= 0.6 is 0 Å². The average molecular weight is 405 g/mol. The van der Waals surface area contributed by atoms with E-state index >= 15 is 0 Å². The van der Waals surface area contributed by atoms with E-state index in [1.807, 2.05) is 6.08 Å². The molecule has 162 valence electrons. The van der Waals surface area contributed by atoms with Gasteiger partial charge in [-0.3, -0.25) is 4.79 Å². The van der Waals surface area contributed by atoms with Crippen molar-refractivity contribution in [3.8, 4) is 0 Å². The molecule has 0 amide bonds. The molecule has 0 heterocycles. The number of carbonyl (C=O) groups is 1. The third-order valence-electron chi connectivity index (χ3n) is 8.96. The van der Waals surface area contributed by atoms with E-state index in [9.17, 15) is 15.0 Å². The molecule has 0 spiro atoms. The van der Waals surface area contributed by atoms with Gasteiger partial charge in [-0.2, -0.15) is 0 Å². The number of hydrogen-bond acceptors (Lipinski definition) is 4. The smallest absolute Gasteiger partial charge is 0.318 e. The first-order valence-electron chi connectivity index (χ1n) is 11.3. The van der Waals surface area contributed by atoms with Crippen molar-refractivity contribution >= 4 is 5.97 Å². The summed E-state index contributed by atoms with van der Waals surface area (Å²) in [7, 11) is 0. The van der Waals surface area contributed by atoms with E-state index in [0.29, 0.717) is 35.9 Å². The molecule has 0 saturated heterocycles. The van der Waals surface area contributed by atoms with Crippen LogP contribution in [-0.4, -0.2) is 27.3 Å². The zero-order valence-electron chi connectivity index (χ0n) is 18.0. The fourth-order valence-corrected chi connectivity index (χ4v) is 7.51. The summed E-state index contributed by atoms with van der Waals surface area (Å²) in [5.74, 6) is 0.418. The van der Waals surface area contributed by atoms with Gasteiger partial charge in [-0.25, -0.2) is 0 Å². The van der Waals surface area contributed by atoms with Crippen LogP contribution in [0.5, 0.6) is 0 Å². The van der Waals surface area contributed by atoms with Crippen molar-refractivity contribution in [1.82, 2.24) is 0 Å². The zero-order valence-corrected chi connectivity index (χ0v) is 18.0. The van der Waals surface area contributed by atoms with Crippen LogP contribution in [0.2, 0.25) is 0 Å². The van der Waals surface area contributed by atoms with Crippen LogP contribution in [0.1, 0.15) is 78.6 Å². The molecule has 5 nitrogen and oxygen atoms in total. The fourth-order valence-electron chi connectivity index (χ4n) is 7.51. The predicted octanol–water partition coefficient (Wildman–Crippen LogP) is 4.60. The molecule has 0 aromatic carbocycles. The van der Waals surface area contributed by atoms with E-state index in [0.717, 1.165) is 25.7 Å². The number of aliphatic carboxylic acids is 1. The minimum absolute atomic E-state index is 0.123. The summed E-state index contributed by atoms with van der Waals surface area (Å²) in [4.78, 5) is 11.1. The van der Waals surface area contributed by atoms with Crippen molar-refractivity contribution in [2.45, 2.75) is 84.5 Å². The molecule has 6 atom stereocenters. The van der Waals surface area contributed by atoms with Crippen LogP contribution in [0.4, 0.5) is 0 Å². The van der Waals surface area contributed by atoms with Crippen LogP contribution in [0.25, 0.3) is 0 Å². The molecule has 4 aliphatic carbocycles. The van der Waals surface area contributed by atoms with Gasteiger partial charge in [-0.15, -0.1) is 0 Å². The molecule has 3 N–H and O–H groups in total. The molecular weight excluding hydrogens is 368 g/mol. The Morgan fingerprint density at radius 2 is 1.97 bits per heavy atom. The third-order valence-corrected chi connectivity index (χ3v) is 8.96. The molecule has 0 radical (unpaired) electrons. The van der Waals surface area contributed by atoms with Crippen molar-refractivity contribution in [2.24, 2.45) is 34.5 Å². The van der Waals surface area contributed by atoms with Gasteiger partial charge in [-0.05, 0) is 91.1 Å². The van der Waals surface area contributed by atoms with Crippen molar-refractivity contribution < 1.29 is 24.9 Å². The van der Waals surface area contributed by atoms with E-state index in [1.54, 1.807) is 0 Å². The number of ether oxygens (including phenoxy) is 1. The summed E-state index contributed by atoms with van der Waals surface area (Å²) in [5, 5.41) is 28.3. The monoisotopic (exact) mass is 404 g/mol. The fraction of sp³-hybridized carbons (Fsp3) is 0.792. The minimum Gasteiger partial charge on any atom is -0.481 e. The Morgan fingerprint density at radius 3 is 2.66 bits per heavy atom. The summed E-state index contributed by atoms with van der Waals surface area (Å²) in [6.07, 6.45) is 13.1. The summed E-state index contributed by atoms with van der Waals surface area (Å²) in [6, 6.07) is 0. The second-order valence-corrected chi connectivity index (χ2v) is 10.6. The molecule has 4 rings (SSSR count). The van der Waals surface area contributed by atoms with Gasteiger partial charge in [0.25, 0.3) is 0 Å². The van der Waals surface area contributed by atoms with Crippen LogP contribution < -0.4 is 0 Å². The maximum Gasteiger partial charge on any atom is 0.318 e. The molecule has 2 fully saturated rings. The lowest BCUT2D eigenvalue weighted by atomic mass is 9.48. The number of allylic oxidation sites excluding steroid dienone is 4. The van der Waals surface area contributed by atoms with Crippen LogP contribution in [-0.2, 0) is 9.53 Å². The van der Waals surface area contributed by atoms with Gasteiger partial charge in [0.2, 0.25) is 0 Å². The molecule has 0 unspecified atom stereocenters. The topological polar surface area (TPSA) is 87.0 Å². The Bertz CT molecular complexity index is 732. The minimum atomic E-state index is -2.13. The first-order chi connectivity index (χ1) is 13.5. The number of hydrogen-bond donors (Lipinski definition) is 3. The first kappa shape index (κ1) is 20.9. The molecule has 4 aliphatic rings. The van der Waals surface area contributed by atoms with Crippen molar-refractivity contribution in [1.29, 1.82) is 0 Å². The van der Waals surface area contributed by atoms with E-state index in [2.05, 4.69) is 19.9 Å². The lowest BCUT2D eigenvalue weighted by Crippen LogP contribution is -2.49. The number of aliphatic hydroxyl groups is 2. The van der Waals surface area contributed by atoms with Crippen molar-refractivity contribution in [3.63, 3.8) is 0 Å². The van der Waals surface area contributed by atoms with Gasteiger partial charge in [0.1, 0.15) is 5.76 Å². The Labute approximate surface area is 173 Å². The van der Waals surface area contributed by atoms with E-state index in [1.165, 1.54) is 38.2 Å². The van der Waals surface area contributed by atoms with Crippen LogP contribution in [0, 0.1) is 34.5 Å². The largest absolute Gasteiger partial charge is 0.481 e. The zero-order chi connectivity index (χ0) is 21.0. The first-order valence-corrected chi connectivity index (χ1v) is 11.3. The number of fused-ring (bicyclic) bond motifs is 5. The molecule has 29 heavy (non-hydrogen) atoms. The molecule has 5 heteroatoms. The molecular formula is C24H36O5. The van der Waals surface area contributed by atoms with Crippen LogP contribution in [0.15, 0.2) is 23.5 Å². The molecule has 2 saturated carbocycles. The summed E-state index contributed by atoms with van der Waals surface area (Å²) in [5.41, 5.74) is 1.71. The third kappa shape index (κ3) is 3.65. The van der Waals surface area contributed by atoms with Gasteiger partial charge in [0.05, 0.1) is 0 Å². The Balaban J connectivity index is 1.55. The summed E-state index contributed by atoms with van der Waals surface area (Å²) >= 11 is 0. The maximum atomic E-state index is 11.1. The highest BCUT2D eigenvalue weighted by Crippen LogP contribution is 2.66. The summed E-state index contributed by atoms with van der Waals surface area (Å²) < 4.78 is 5.34. The highest BCUT2D eigenvalue weighted by molar-refractivity contribution is 5.66. The Morgan fingerprint density at radius 1 is 1.21 bits per heavy atom. The molecule has 0 aliphatic heterocycles.